The van der Waals surface area contributed by atoms with Gasteiger partial charge in [-0.05, 0) is 55.7 Å². The first-order valence-electron chi connectivity index (χ1n) is 8.18. The molecule has 1 N–H and O–H groups in total. The second-order valence-electron chi connectivity index (χ2n) is 6.06. The van der Waals surface area contributed by atoms with E-state index in [0.717, 1.165) is 31.5 Å². The summed E-state index contributed by atoms with van der Waals surface area (Å²) in [6, 6.07) is 9.88. The molecule has 3 rings (SSSR count). The van der Waals surface area contributed by atoms with E-state index in [0.29, 0.717) is 21.8 Å². The van der Waals surface area contributed by atoms with E-state index in [1.165, 1.54) is 12.3 Å². The molecule has 1 amide bonds. The molecule has 2 aromatic carbocycles. The molecule has 1 saturated heterocycles. The minimum atomic E-state index is -0.370. The number of nitrogens with one attached hydrogen (secondary N) is 1. The second kappa shape index (κ2) is 7.66. The number of rotatable bonds is 4. The molecule has 1 heterocycles. The monoisotopic (exact) mass is 359 g/mol. The standard InChI is InChI=1S/C19H19ClFN3O/c1-13-9-18(24-7-2-3-8-24)17(21)11-15(13)12-22-23-19(25)14-5-4-6-16(20)10-14/h4-6,9-12H,2-3,7-8H2,1H3,(H,23,25)/b22-12-. The molecule has 0 atom stereocenters. The maximum absolute atomic E-state index is 14.4. The van der Waals surface area contributed by atoms with Gasteiger partial charge in [-0.1, -0.05) is 17.7 Å². The molecule has 0 unspecified atom stereocenters. The Bertz CT molecular complexity index is 816. The summed E-state index contributed by atoms with van der Waals surface area (Å²) in [5.74, 6) is -0.638. The lowest BCUT2D eigenvalue weighted by Gasteiger charge is -2.19. The molecular weight excluding hydrogens is 341 g/mol. The molecule has 0 bridgehead atoms. The van der Waals surface area contributed by atoms with Crippen molar-refractivity contribution in [1.82, 2.24) is 5.43 Å². The number of carbonyl (C=O) groups is 1. The summed E-state index contributed by atoms with van der Waals surface area (Å²) >= 11 is 5.86. The number of amides is 1. The van der Waals surface area contributed by atoms with Gasteiger partial charge in [0, 0.05) is 29.2 Å². The Balaban J connectivity index is 1.71. The van der Waals surface area contributed by atoms with Crippen molar-refractivity contribution in [1.29, 1.82) is 0 Å². The van der Waals surface area contributed by atoms with Crippen LogP contribution in [0.2, 0.25) is 5.02 Å². The smallest absolute Gasteiger partial charge is 0.271 e. The van der Waals surface area contributed by atoms with Gasteiger partial charge in [0.1, 0.15) is 5.82 Å². The fourth-order valence-electron chi connectivity index (χ4n) is 2.88. The van der Waals surface area contributed by atoms with E-state index < -0.39 is 0 Å². The summed E-state index contributed by atoms with van der Waals surface area (Å²) in [5.41, 5.74) is 5.02. The Kier molecular flexibility index (Phi) is 5.34. The number of carbonyl (C=O) groups excluding carboxylic acids is 1. The van der Waals surface area contributed by atoms with E-state index in [1.54, 1.807) is 24.3 Å². The summed E-state index contributed by atoms with van der Waals surface area (Å²) in [6.07, 6.45) is 3.64. The van der Waals surface area contributed by atoms with Crippen LogP contribution in [-0.4, -0.2) is 25.2 Å². The lowest BCUT2D eigenvalue weighted by atomic mass is 10.1. The number of hydrogen-bond donors (Lipinski definition) is 1. The molecule has 2 aromatic rings. The fraction of sp³-hybridized carbons (Fsp3) is 0.263. The van der Waals surface area contributed by atoms with Gasteiger partial charge in [-0.15, -0.1) is 0 Å². The molecule has 130 valence electrons. The molecule has 0 aliphatic carbocycles. The van der Waals surface area contributed by atoms with E-state index in [2.05, 4.69) is 15.4 Å². The lowest BCUT2D eigenvalue weighted by molar-refractivity contribution is 0.0955. The van der Waals surface area contributed by atoms with Gasteiger partial charge < -0.3 is 4.90 Å². The number of nitrogens with zero attached hydrogens (tertiary/aromatic N) is 2. The Morgan fingerprint density at radius 1 is 1.28 bits per heavy atom. The number of hydrazone groups is 1. The predicted octanol–water partition coefficient (Wildman–Crippen LogP) is 4.15. The normalized spacial score (nSPS) is 14.3. The summed E-state index contributed by atoms with van der Waals surface area (Å²) in [4.78, 5) is 14.1. The number of benzene rings is 2. The third kappa shape index (κ3) is 4.17. The quantitative estimate of drug-likeness (QED) is 0.658. The van der Waals surface area contributed by atoms with Crippen molar-refractivity contribution in [3.8, 4) is 0 Å². The third-order valence-electron chi connectivity index (χ3n) is 4.24. The fourth-order valence-corrected chi connectivity index (χ4v) is 3.07. The van der Waals surface area contributed by atoms with Gasteiger partial charge in [0.05, 0.1) is 11.9 Å². The van der Waals surface area contributed by atoms with Gasteiger partial charge in [0.25, 0.3) is 5.91 Å². The molecule has 0 spiro atoms. The average Bonchev–Trinajstić information content (AvgIpc) is 3.11. The number of hydrogen-bond acceptors (Lipinski definition) is 3. The largest absolute Gasteiger partial charge is 0.369 e. The summed E-state index contributed by atoms with van der Waals surface area (Å²) < 4.78 is 14.4. The van der Waals surface area contributed by atoms with E-state index >= 15 is 0 Å². The van der Waals surface area contributed by atoms with Crippen LogP contribution in [0.15, 0.2) is 41.5 Å². The molecule has 25 heavy (non-hydrogen) atoms. The molecule has 0 saturated carbocycles. The van der Waals surface area contributed by atoms with Crippen molar-refractivity contribution in [3.05, 3.63) is 63.9 Å². The molecule has 0 radical (unpaired) electrons. The van der Waals surface area contributed by atoms with Gasteiger partial charge in [-0.25, -0.2) is 9.82 Å². The van der Waals surface area contributed by atoms with Crippen molar-refractivity contribution in [2.75, 3.05) is 18.0 Å². The van der Waals surface area contributed by atoms with Crippen LogP contribution in [0.5, 0.6) is 0 Å². The molecule has 1 aliphatic heterocycles. The lowest BCUT2D eigenvalue weighted by Crippen LogP contribution is -2.19. The van der Waals surface area contributed by atoms with Crippen LogP contribution < -0.4 is 10.3 Å². The zero-order valence-electron chi connectivity index (χ0n) is 13.9. The number of anilines is 1. The van der Waals surface area contributed by atoms with Crippen LogP contribution in [0, 0.1) is 12.7 Å². The van der Waals surface area contributed by atoms with E-state index in [4.69, 9.17) is 11.6 Å². The van der Waals surface area contributed by atoms with Gasteiger partial charge in [0.2, 0.25) is 0 Å². The maximum Gasteiger partial charge on any atom is 0.271 e. The summed E-state index contributed by atoms with van der Waals surface area (Å²) in [5, 5.41) is 4.41. The highest BCUT2D eigenvalue weighted by molar-refractivity contribution is 6.30. The van der Waals surface area contributed by atoms with Gasteiger partial charge >= 0.3 is 0 Å². The molecule has 1 aliphatic rings. The molecular formula is C19H19ClFN3O. The van der Waals surface area contributed by atoms with Gasteiger partial charge in [-0.3, -0.25) is 4.79 Å². The maximum atomic E-state index is 14.4. The Hall–Kier alpha value is -2.40. The highest BCUT2D eigenvalue weighted by Crippen LogP contribution is 2.26. The molecule has 4 nitrogen and oxygen atoms in total. The Morgan fingerprint density at radius 2 is 2.04 bits per heavy atom. The zero-order valence-corrected chi connectivity index (χ0v) is 14.7. The van der Waals surface area contributed by atoms with Crippen LogP contribution in [-0.2, 0) is 0 Å². The molecule has 1 fully saturated rings. The highest BCUT2D eigenvalue weighted by Gasteiger charge is 2.17. The summed E-state index contributed by atoms with van der Waals surface area (Å²) in [7, 11) is 0. The van der Waals surface area contributed by atoms with Crippen molar-refractivity contribution in [3.63, 3.8) is 0 Å². The average molecular weight is 360 g/mol. The topological polar surface area (TPSA) is 44.7 Å². The summed E-state index contributed by atoms with van der Waals surface area (Å²) in [6.45, 7) is 3.68. The highest BCUT2D eigenvalue weighted by atomic mass is 35.5. The Morgan fingerprint density at radius 3 is 2.76 bits per heavy atom. The molecule has 0 aromatic heterocycles. The van der Waals surface area contributed by atoms with Crippen LogP contribution in [0.1, 0.15) is 34.3 Å². The minimum Gasteiger partial charge on any atom is -0.369 e. The van der Waals surface area contributed by atoms with E-state index in [-0.39, 0.29) is 11.7 Å². The van der Waals surface area contributed by atoms with Crippen molar-refractivity contribution in [2.45, 2.75) is 19.8 Å². The zero-order chi connectivity index (χ0) is 17.8. The third-order valence-corrected chi connectivity index (χ3v) is 4.47. The number of halogens is 2. The van der Waals surface area contributed by atoms with E-state index in [1.807, 2.05) is 13.0 Å². The molecule has 6 heteroatoms. The van der Waals surface area contributed by atoms with Crippen LogP contribution in [0.4, 0.5) is 10.1 Å². The van der Waals surface area contributed by atoms with E-state index in [9.17, 15) is 9.18 Å². The minimum absolute atomic E-state index is 0.268. The van der Waals surface area contributed by atoms with Gasteiger partial charge in [-0.2, -0.15) is 5.10 Å². The SMILES string of the molecule is Cc1cc(N2CCCC2)c(F)cc1/C=N\NC(=O)c1cccc(Cl)c1. The van der Waals surface area contributed by atoms with Crippen LogP contribution in [0.25, 0.3) is 0 Å². The van der Waals surface area contributed by atoms with Crippen molar-refractivity contribution >= 4 is 29.4 Å². The Labute approximate surface area is 151 Å². The second-order valence-corrected chi connectivity index (χ2v) is 6.50. The van der Waals surface area contributed by atoms with Crippen LogP contribution >= 0.6 is 11.6 Å². The van der Waals surface area contributed by atoms with Gasteiger partial charge in [0.15, 0.2) is 0 Å². The number of aryl methyl sites for hydroxylation is 1. The first-order valence-corrected chi connectivity index (χ1v) is 8.56. The van der Waals surface area contributed by atoms with Crippen molar-refractivity contribution in [2.24, 2.45) is 5.10 Å². The first-order chi connectivity index (χ1) is 12.0. The van der Waals surface area contributed by atoms with Crippen molar-refractivity contribution < 1.29 is 9.18 Å². The first kappa shape index (κ1) is 17.4. The van der Waals surface area contributed by atoms with Crippen LogP contribution in [0.3, 0.4) is 0 Å². The predicted molar refractivity (Wildman–Crippen MR) is 99.1 cm³/mol.